The number of aromatic amines is 1. The molecule has 0 spiro atoms. The number of alkyl halides is 2. The van der Waals surface area contributed by atoms with Gasteiger partial charge in [0, 0.05) is 16.8 Å². The van der Waals surface area contributed by atoms with Crippen molar-refractivity contribution in [2.24, 2.45) is 0 Å². The Bertz CT molecular complexity index is 778. The first-order valence-electron chi connectivity index (χ1n) is 6.44. The van der Waals surface area contributed by atoms with E-state index in [9.17, 15) is 8.78 Å². The van der Waals surface area contributed by atoms with E-state index in [2.05, 4.69) is 35.7 Å². The molecular weight excluding hydrogens is 294 g/mol. The molecule has 0 bridgehead atoms. The highest BCUT2D eigenvalue weighted by Gasteiger charge is 2.09. The molecule has 1 aromatic carbocycles. The maximum Gasteiger partial charge on any atom is 0.387 e. The van der Waals surface area contributed by atoms with Crippen molar-refractivity contribution in [3.05, 3.63) is 35.8 Å². The lowest BCUT2D eigenvalue weighted by atomic mass is 10.1. The maximum atomic E-state index is 12.3. The van der Waals surface area contributed by atoms with Crippen LogP contribution >= 0.6 is 0 Å². The molecule has 114 valence electrons. The van der Waals surface area contributed by atoms with Gasteiger partial charge in [0.05, 0.1) is 12.1 Å². The number of benzene rings is 1. The fourth-order valence-electron chi connectivity index (χ4n) is 2.09. The predicted octanol–water partition coefficient (Wildman–Crippen LogP) is 2.27. The zero-order valence-corrected chi connectivity index (χ0v) is 11.5. The third-order valence-electron chi connectivity index (χ3n) is 2.96. The van der Waals surface area contributed by atoms with Gasteiger partial charge in [-0.15, -0.1) is 10.2 Å². The number of hydrogen-bond acceptors (Lipinski definition) is 6. The van der Waals surface area contributed by atoms with E-state index in [0.29, 0.717) is 23.3 Å². The molecule has 22 heavy (non-hydrogen) atoms. The summed E-state index contributed by atoms with van der Waals surface area (Å²) >= 11 is 0. The molecule has 2 heterocycles. The zero-order valence-electron chi connectivity index (χ0n) is 11.5. The van der Waals surface area contributed by atoms with Gasteiger partial charge in [0.2, 0.25) is 0 Å². The Morgan fingerprint density at radius 1 is 1.32 bits per heavy atom. The first kappa shape index (κ1) is 14.1. The number of ether oxygens (including phenoxy) is 1. The smallest absolute Gasteiger partial charge is 0.387 e. The number of pyridine rings is 1. The summed E-state index contributed by atoms with van der Waals surface area (Å²) in [7, 11) is 0. The molecule has 0 atom stereocenters. The average Bonchev–Trinajstić information content (AvgIpc) is 2.98. The Morgan fingerprint density at radius 2 is 2.18 bits per heavy atom. The van der Waals surface area contributed by atoms with Crippen LogP contribution in [0.4, 0.5) is 14.5 Å². The number of nitrogens with zero attached hydrogens (tertiary/aromatic N) is 4. The molecule has 0 fully saturated rings. The van der Waals surface area contributed by atoms with Crippen LogP contribution < -0.4 is 10.1 Å². The number of fused-ring (bicyclic) bond motifs is 1. The lowest BCUT2D eigenvalue weighted by Crippen LogP contribution is -2.04. The van der Waals surface area contributed by atoms with Crippen molar-refractivity contribution in [2.75, 3.05) is 5.32 Å². The molecule has 0 unspecified atom stereocenters. The third-order valence-corrected chi connectivity index (χ3v) is 2.96. The highest BCUT2D eigenvalue weighted by Crippen LogP contribution is 2.28. The minimum atomic E-state index is -2.87. The van der Waals surface area contributed by atoms with Crippen molar-refractivity contribution in [3.63, 3.8) is 0 Å². The second-order valence-corrected chi connectivity index (χ2v) is 4.55. The first-order valence-corrected chi connectivity index (χ1v) is 6.44. The highest BCUT2D eigenvalue weighted by atomic mass is 19.3. The number of aromatic nitrogens is 5. The van der Waals surface area contributed by atoms with E-state index in [-0.39, 0.29) is 5.75 Å². The van der Waals surface area contributed by atoms with Crippen molar-refractivity contribution in [1.82, 2.24) is 25.6 Å². The average molecular weight is 306 g/mol. The molecule has 9 heteroatoms. The fraction of sp³-hybridized carbons (Fsp3) is 0.231. The van der Waals surface area contributed by atoms with E-state index in [1.54, 1.807) is 6.07 Å². The first-order chi connectivity index (χ1) is 10.6. The van der Waals surface area contributed by atoms with Crippen molar-refractivity contribution in [2.45, 2.75) is 20.1 Å². The molecular formula is C13H12F2N6O. The Hall–Kier alpha value is -2.84. The Morgan fingerprint density at radius 3 is 2.91 bits per heavy atom. The standard InChI is InChI=1S/C13H12F2N6O/c1-7-4-11(16-6-12-18-20-21-19-12)9-5-8(22-13(14)15)2-3-10(9)17-7/h2-5,13H,6H2,1H3,(H,16,17)(H,18,19,20,21). The topological polar surface area (TPSA) is 88.6 Å². The predicted molar refractivity (Wildman–Crippen MR) is 74.6 cm³/mol. The molecule has 3 aromatic rings. The zero-order chi connectivity index (χ0) is 15.5. The van der Waals surface area contributed by atoms with Gasteiger partial charge in [-0.2, -0.15) is 14.0 Å². The van der Waals surface area contributed by atoms with Gasteiger partial charge in [0.25, 0.3) is 0 Å². The molecule has 0 amide bonds. The minimum absolute atomic E-state index is 0.0794. The van der Waals surface area contributed by atoms with Crippen LogP contribution in [0.3, 0.4) is 0 Å². The van der Waals surface area contributed by atoms with Gasteiger partial charge < -0.3 is 10.1 Å². The van der Waals surface area contributed by atoms with Crippen LogP contribution in [0.25, 0.3) is 10.9 Å². The highest BCUT2D eigenvalue weighted by molar-refractivity contribution is 5.92. The number of tetrazole rings is 1. The Balaban J connectivity index is 1.95. The molecule has 0 saturated carbocycles. The second kappa shape index (κ2) is 5.88. The lowest BCUT2D eigenvalue weighted by molar-refractivity contribution is -0.0497. The van der Waals surface area contributed by atoms with Gasteiger partial charge in [0.15, 0.2) is 5.82 Å². The molecule has 2 aromatic heterocycles. The summed E-state index contributed by atoms with van der Waals surface area (Å²) in [6.45, 7) is -0.677. The van der Waals surface area contributed by atoms with Crippen LogP contribution in [0.15, 0.2) is 24.3 Å². The van der Waals surface area contributed by atoms with Crippen molar-refractivity contribution in [3.8, 4) is 5.75 Å². The minimum Gasteiger partial charge on any atom is -0.435 e. The summed E-state index contributed by atoms with van der Waals surface area (Å²) in [6.07, 6.45) is 0. The van der Waals surface area contributed by atoms with Crippen LogP contribution in [0.1, 0.15) is 11.5 Å². The molecule has 2 N–H and O–H groups in total. The number of hydrogen-bond donors (Lipinski definition) is 2. The maximum absolute atomic E-state index is 12.3. The van der Waals surface area contributed by atoms with Crippen LogP contribution in [0.2, 0.25) is 0 Å². The van der Waals surface area contributed by atoms with E-state index in [1.165, 1.54) is 12.1 Å². The molecule has 7 nitrogen and oxygen atoms in total. The summed E-state index contributed by atoms with van der Waals surface area (Å²) < 4.78 is 29.1. The second-order valence-electron chi connectivity index (χ2n) is 4.55. The largest absolute Gasteiger partial charge is 0.435 e. The van der Waals surface area contributed by atoms with Crippen LogP contribution in [0.5, 0.6) is 5.75 Å². The van der Waals surface area contributed by atoms with Crippen LogP contribution in [-0.2, 0) is 6.54 Å². The molecule has 3 rings (SSSR count). The van der Waals surface area contributed by atoms with Gasteiger partial charge in [-0.3, -0.25) is 4.98 Å². The van der Waals surface area contributed by atoms with Gasteiger partial charge >= 0.3 is 6.61 Å². The van der Waals surface area contributed by atoms with E-state index < -0.39 is 6.61 Å². The van der Waals surface area contributed by atoms with Gasteiger partial charge in [0.1, 0.15) is 5.75 Å². The number of rotatable bonds is 5. The van der Waals surface area contributed by atoms with Crippen molar-refractivity contribution in [1.29, 1.82) is 0 Å². The van der Waals surface area contributed by atoms with Crippen molar-refractivity contribution < 1.29 is 13.5 Å². The Kier molecular flexibility index (Phi) is 3.77. The lowest BCUT2D eigenvalue weighted by Gasteiger charge is -2.11. The van der Waals surface area contributed by atoms with Crippen LogP contribution in [-0.4, -0.2) is 32.2 Å². The molecule has 0 radical (unpaired) electrons. The summed E-state index contributed by atoms with van der Waals surface area (Å²) in [5, 5.41) is 17.3. The quantitative estimate of drug-likeness (QED) is 0.751. The SMILES string of the molecule is Cc1cc(NCc2nn[nH]n2)c2cc(OC(F)F)ccc2n1. The third kappa shape index (κ3) is 3.08. The van der Waals surface area contributed by atoms with Gasteiger partial charge in [-0.25, -0.2) is 0 Å². The monoisotopic (exact) mass is 306 g/mol. The van der Waals surface area contributed by atoms with E-state index >= 15 is 0 Å². The van der Waals surface area contributed by atoms with E-state index in [0.717, 1.165) is 11.4 Å². The van der Waals surface area contributed by atoms with Crippen LogP contribution in [0, 0.1) is 6.92 Å². The summed E-state index contributed by atoms with van der Waals surface area (Å²) in [5.41, 5.74) is 2.20. The van der Waals surface area contributed by atoms with Gasteiger partial charge in [-0.05, 0) is 31.2 Å². The summed E-state index contributed by atoms with van der Waals surface area (Å²) in [6, 6.07) is 6.44. The number of H-pyrrole nitrogens is 1. The normalized spacial score (nSPS) is 11.1. The van der Waals surface area contributed by atoms with Crippen molar-refractivity contribution >= 4 is 16.6 Å². The number of anilines is 1. The Labute approximate surface area is 123 Å². The number of nitrogens with one attached hydrogen (secondary N) is 2. The van der Waals surface area contributed by atoms with Gasteiger partial charge in [-0.1, -0.05) is 5.21 Å². The fourth-order valence-corrected chi connectivity index (χ4v) is 2.09. The molecule has 0 aliphatic carbocycles. The molecule has 0 saturated heterocycles. The summed E-state index contributed by atoms with van der Waals surface area (Å²) in [4.78, 5) is 4.37. The number of halogens is 2. The molecule has 0 aliphatic rings. The van der Waals surface area contributed by atoms with E-state index in [1.807, 2.05) is 13.0 Å². The molecule has 0 aliphatic heterocycles. The summed E-state index contributed by atoms with van der Waals surface area (Å²) in [5.74, 6) is 0.568. The number of aryl methyl sites for hydroxylation is 1. The van der Waals surface area contributed by atoms with E-state index in [4.69, 9.17) is 0 Å².